The molecule has 1 heterocycles. The molecule has 0 saturated carbocycles. The van der Waals surface area contributed by atoms with Crippen molar-refractivity contribution in [2.45, 2.75) is 26.8 Å². The third-order valence-electron chi connectivity index (χ3n) is 2.42. The summed E-state index contributed by atoms with van der Waals surface area (Å²) in [4.78, 5) is 18.9. The van der Waals surface area contributed by atoms with Crippen LogP contribution in [0.4, 0.5) is 5.95 Å². The lowest BCUT2D eigenvalue weighted by Crippen LogP contribution is -2.30. The maximum absolute atomic E-state index is 10.8. The van der Waals surface area contributed by atoms with Crippen LogP contribution >= 0.6 is 0 Å². The molecule has 0 amide bonds. The molecule has 1 aromatic rings. The summed E-state index contributed by atoms with van der Waals surface area (Å²) in [6.07, 6.45) is 1.57. The average molecular weight is 239 g/mol. The van der Waals surface area contributed by atoms with Crippen LogP contribution in [0.2, 0.25) is 0 Å². The third-order valence-corrected chi connectivity index (χ3v) is 2.42. The van der Waals surface area contributed by atoms with Crippen LogP contribution in [0.5, 0.6) is 5.88 Å². The molecule has 2 unspecified atom stereocenters. The van der Waals surface area contributed by atoms with Crippen LogP contribution in [0.3, 0.4) is 0 Å². The molecule has 0 aliphatic heterocycles. The molecule has 6 heteroatoms. The fraction of sp³-hybridized carbons (Fsp3) is 0.545. The highest BCUT2D eigenvalue weighted by Gasteiger charge is 2.19. The van der Waals surface area contributed by atoms with Crippen LogP contribution in [0.15, 0.2) is 12.3 Å². The van der Waals surface area contributed by atoms with E-state index in [2.05, 4.69) is 15.3 Å². The molecule has 0 aliphatic rings. The highest BCUT2D eigenvalue weighted by atomic mass is 16.5. The molecular weight excluding hydrogens is 222 g/mol. The molecular formula is C11H17N3O3. The number of aromatic nitrogens is 2. The first-order valence-corrected chi connectivity index (χ1v) is 5.49. The monoisotopic (exact) mass is 239 g/mol. The van der Waals surface area contributed by atoms with E-state index in [1.807, 2.05) is 6.92 Å². The summed E-state index contributed by atoms with van der Waals surface area (Å²) < 4.78 is 5.23. The third kappa shape index (κ3) is 3.90. The number of ether oxygens (including phenoxy) is 1. The van der Waals surface area contributed by atoms with Crippen molar-refractivity contribution in [3.05, 3.63) is 12.3 Å². The van der Waals surface area contributed by atoms with Gasteiger partial charge in [0.05, 0.1) is 12.5 Å². The Hall–Kier alpha value is -1.85. The van der Waals surface area contributed by atoms with Gasteiger partial charge in [0.15, 0.2) is 0 Å². The number of carbonyl (C=O) groups is 1. The van der Waals surface area contributed by atoms with Crippen LogP contribution in [-0.2, 0) is 4.79 Å². The number of carboxylic acids is 1. The summed E-state index contributed by atoms with van der Waals surface area (Å²) in [6.45, 7) is 5.80. The van der Waals surface area contributed by atoms with Crippen LogP contribution in [0.25, 0.3) is 0 Å². The van der Waals surface area contributed by atoms with E-state index in [-0.39, 0.29) is 6.04 Å². The smallest absolute Gasteiger partial charge is 0.308 e. The van der Waals surface area contributed by atoms with Gasteiger partial charge in [-0.05, 0) is 20.8 Å². The zero-order valence-corrected chi connectivity index (χ0v) is 10.2. The number of hydrogen-bond donors (Lipinski definition) is 2. The second-order valence-corrected chi connectivity index (χ2v) is 3.71. The van der Waals surface area contributed by atoms with Crippen molar-refractivity contribution in [3.8, 4) is 5.88 Å². The van der Waals surface area contributed by atoms with E-state index in [9.17, 15) is 4.79 Å². The summed E-state index contributed by atoms with van der Waals surface area (Å²) in [5, 5.41) is 11.8. The van der Waals surface area contributed by atoms with Crippen LogP contribution in [0.1, 0.15) is 20.8 Å². The Bertz CT molecular complexity index is 384. The molecule has 0 bridgehead atoms. The van der Waals surface area contributed by atoms with Crippen molar-refractivity contribution in [2.75, 3.05) is 11.9 Å². The van der Waals surface area contributed by atoms with Crippen LogP contribution < -0.4 is 10.1 Å². The van der Waals surface area contributed by atoms with Gasteiger partial charge in [0.25, 0.3) is 0 Å². The first-order chi connectivity index (χ1) is 8.04. The lowest BCUT2D eigenvalue weighted by Gasteiger charge is -2.17. The van der Waals surface area contributed by atoms with Gasteiger partial charge in [-0.1, -0.05) is 0 Å². The van der Waals surface area contributed by atoms with E-state index in [0.29, 0.717) is 18.4 Å². The molecule has 0 spiro atoms. The second kappa shape index (κ2) is 6.03. The largest absolute Gasteiger partial charge is 0.481 e. The maximum atomic E-state index is 10.8. The molecule has 94 valence electrons. The van der Waals surface area contributed by atoms with Crippen LogP contribution in [0, 0.1) is 5.92 Å². The Kier molecular flexibility index (Phi) is 4.68. The van der Waals surface area contributed by atoms with Gasteiger partial charge in [0.1, 0.15) is 0 Å². The molecule has 0 aromatic carbocycles. The van der Waals surface area contributed by atoms with Crippen molar-refractivity contribution in [1.29, 1.82) is 0 Å². The van der Waals surface area contributed by atoms with E-state index < -0.39 is 11.9 Å². The van der Waals surface area contributed by atoms with Gasteiger partial charge in [-0.3, -0.25) is 4.79 Å². The summed E-state index contributed by atoms with van der Waals surface area (Å²) in [5.74, 6) is -0.531. The molecule has 0 radical (unpaired) electrons. The summed E-state index contributed by atoms with van der Waals surface area (Å²) in [7, 11) is 0. The fourth-order valence-electron chi connectivity index (χ4n) is 1.18. The van der Waals surface area contributed by atoms with E-state index in [1.54, 1.807) is 26.1 Å². The maximum Gasteiger partial charge on any atom is 0.308 e. The lowest BCUT2D eigenvalue weighted by atomic mass is 10.0. The van der Waals surface area contributed by atoms with Crippen LogP contribution in [-0.4, -0.2) is 33.7 Å². The van der Waals surface area contributed by atoms with Gasteiger partial charge in [-0.2, -0.15) is 4.98 Å². The quantitative estimate of drug-likeness (QED) is 0.780. The minimum Gasteiger partial charge on any atom is -0.481 e. The van der Waals surface area contributed by atoms with Gasteiger partial charge in [0, 0.05) is 18.3 Å². The molecule has 1 rings (SSSR count). The molecule has 17 heavy (non-hydrogen) atoms. The topological polar surface area (TPSA) is 84.3 Å². The SMILES string of the molecule is CCOc1ccnc(NC(C)C(C)C(=O)O)n1. The molecule has 2 N–H and O–H groups in total. The predicted molar refractivity (Wildman–Crippen MR) is 63.1 cm³/mol. The predicted octanol–water partition coefficient (Wildman–Crippen LogP) is 1.40. The Morgan fingerprint density at radius 1 is 1.59 bits per heavy atom. The number of rotatable bonds is 6. The number of carboxylic acid groups (broad SMARTS) is 1. The van der Waals surface area contributed by atoms with Crippen molar-refractivity contribution in [1.82, 2.24) is 9.97 Å². The Balaban J connectivity index is 2.67. The van der Waals surface area contributed by atoms with E-state index >= 15 is 0 Å². The lowest BCUT2D eigenvalue weighted by molar-refractivity contribution is -0.141. The summed E-state index contributed by atoms with van der Waals surface area (Å²) in [5.41, 5.74) is 0. The first-order valence-electron chi connectivity index (χ1n) is 5.49. The number of nitrogens with zero attached hydrogens (tertiary/aromatic N) is 2. The highest BCUT2D eigenvalue weighted by molar-refractivity contribution is 5.70. The minimum absolute atomic E-state index is 0.260. The normalized spacial score (nSPS) is 13.8. The van der Waals surface area contributed by atoms with Gasteiger partial charge < -0.3 is 15.2 Å². The van der Waals surface area contributed by atoms with Crippen molar-refractivity contribution >= 4 is 11.9 Å². The van der Waals surface area contributed by atoms with E-state index in [4.69, 9.17) is 9.84 Å². The van der Waals surface area contributed by atoms with Gasteiger partial charge in [-0.15, -0.1) is 0 Å². The molecule has 0 aliphatic carbocycles. The zero-order valence-electron chi connectivity index (χ0n) is 10.2. The summed E-state index contributed by atoms with van der Waals surface area (Å²) in [6, 6.07) is 1.39. The highest BCUT2D eigenvalue weighted by Crippen LogP contribution is 2.12. The van der Waals surface area contributed by atoms with Gasteiger partial charge in [0.2, 0.25) is 11.8 Å². The van der Waals surface area contributed by atoms with Crippen molar-refractivity contribution in [3.63, 3.8) is 0 Å². The number of aliphatic carboxylic acids is 1. The fourth-order valence-corrected chi connectivity index (χ4v) is 1.18. The van der Waals surface area contributed by atoms with Gasteiger partial charge in [-0.25, -0.2) is 4.98 Å². The molecule has 1 aromatic heterocycles. The Labute approximate surface area is 100 Å². The second-order valence-electron chi connectivity index (χ2n) is 3.71. The standard InChI is InChI=1S/C11H17N3O3/c1-4-17-9-5-6-12-11(14-9)13-8(3)7(2)10(15)16/h5-8H,4H2,1-3H3,(H,15,16)(H,12,13,14). The average Bonchev–Trinajstić information content (AvgIpc) is 2.28. The molecule has 2 atom stereocenters. The molecule has 0 saturated heterocycles. The molecule has 0 fully saturated rings. The Morgan fingerprint density at radius 3 is 2.88 bits per heavy atom. The molecule has 6 nitrogen and oxygen atoms in total. The first kappa shape index (κ1) is 13.2. The van der Waals surface area contributed by atoms with E-state index in [1.165, 1.54) is 0 Å². The number of anilines is 1. The van der Waals surface area contributed by atoms with E-state index in [0.717, 1.165) is 0 Å². The Morgan fingerprint density at radius 2 is 2.29 bits per heavy atom. The number of nitrogens with one attached hydrogen (secondary N) is 1. The summed E-state index contributed by atoms with van der Waals surface area (Å²) >= 11 is 0. The van der Waals surface area contributed by atoms with Gasteiger partial charge >= 0.3 is 5.97 Å². The number of hydrogen-bond acceptors (Lipinski definition) is 5. The zero-order chi connectivity index (χ0) is 12.8. The minimum atomic E-state index is -0.856. The van der Waals surface area contributed by atoms with Crippen molar-refractivity contribution in [2.24, 2.45) is 5.92 Å². The van der Waals surface area contributed by atoms with Crippen molar-refractivity contribution < 1.29 is 14.6 Å².